The molecule has 4 aromatic carbocycles. The summed E-state index contributed by atoms with van der Waals surface area (Å²) in [6.45, 7) is 7.08. The lowest BCUT2D eigenvalue weighted by molar-refractivity contribution is -0.127. The summed E-state index contributed by atoms with van der Waals surface area (Å²) in [4.78, 5) is 133. The Kier molecular flexibility index (Phi) is 35.1. The summed E-state index contributed by atoms with van der Waals surface area (Å²) >= 11 is 0. The molecule has 0 radical (unpaired) electrons. The number of nitrogens with zero attached hydrogens (tertiary/aromatic N) is 3. The molecule has 95 heavy (non-hydrogen) atoms. The summed E-state index contributed by atoms with van der Waals surface area (Å²) in [5, 5.41) is 13.8. The quantitative estimate of drug-likeness (QED) is 0.0169. The fraction of sp³-hybridized carbons (Fsp3) is 0.455. The van der Waals surface area contributed by atoms with Crippen molar-refractivity contribution in [2.45, 2.75) is 128 Å². The molecule has 5 amide bonds. The van der Waals surface area contributed by atoms with E-state index in [1.807, 2.05) is 13.0 Å². The molecule has 518 valence electrons. The third-order valence-corrected chi connectivity index (χ3v) is 14.7. The minimum atomic E-state index is -1.12. The van der Waals surface area contributed by atoms with Gasteiger partial charge in [0, 0.05) is 64.8 Å². The minimum Gasteiger partial charge on any atom is -0.496 e. The van der Waals surface area contributed by atoms with Gasteiger partial charge in [-0.2, -0.15) is 0 Å². The van der Waals surface area contributed by atoms with Crippen LogP contribution < -0.4 is 91.4 Å². The van der Waals surface area contributed by atoms with Gasteiger partial charge in [-0.05, 0) is 137 Å². The van der Waals surface area contributed by atoms with Crippen LogP contribution in [-0.2, 0) is 43.2 Å². The molecule has 0 aliphatic rings. The van der Waals surface area contributed by atoms with Crippen molar-refractivity contribution in [3.63, 3.8) is 0 Å². The molecule has 0 saturated carbocycles. The molecule has 4 aromatic rings. The summed E-state index contributed by atoms with van der Waals surface area (Å²) in [5.74, 6) is -3.18. The summed E-state index contributed by atoms with van der Waals surface area (Å²) in [7, 11) is 5.65. The first-order valence-electron chi connectivity index (χ1n) is 31.2. The van der Waals surface area contributed by atoms with Gasteiger partial charge >= 0.3 is 0 Å². The third kappa shape index (κ3) is 27.9. The van der Waals surface area contributed by atoms with E-state index >= 15 is 0 Å². The Morgan fingerprint density at radius 2 is 0.800 bits per heavy atom. The second-order valence-corrected chi connectivity index (χ2v) is 22.1. The van der Waals surface area contributed by atoms with Crippen LogP contribution in [0.4, 0.5) is 0 Å². The van der Waals surface area contributed by atoms with Crippen molar-refractivity contribution in [3.05, 3.63) is 117 Å². The largest absolute Gasteiger partial charge is 0.496 e. The van der Waals surface area contributed by atoms with Crippen LogP contribution in [0.5, 0.6) is 23.0 Å². The number of Topliss-reactive ketones (excluding diaryl/α,β-unsaturated/α-hetero) is 4. The SMILES string of the molecule is CCC(=O)[C@@H](CCCN=C(N)N)NC(=O)c1cc(CC(=O)[C@@H](CCCN=C(N)N)NC(=O)c2cc(CC(=O)[C@@H](CCCN=C(N)N)NC(=O)c3cc(CC(=O)[C@@H](C)NC(=O)CCCCN)ccc3OC)ccc2OC)ccc1OC.COc1ccc(C)cc1C(=O)NCCN. The number of nitrogens with one attached hydrogen (secondary N) is 5. The topological polar surface area (TPSA) is 496 Å². The van der Waals surface area contributed by atoms with Crippen molar-refractivity contribution in [1.82, 2.24) is 26.6 Å². The molecule has 0 bridgehead atoms. The normalized spacial score (nSPS) is 11.8. The highest BCUT2D eigenvalue weighted by Crippen LogP contribution is 2.26. The highest BCUT2D eigenvalue weighted by Gasteiger charge is 2.29. The van der Waals surface area contributed by atoms with Crippen LogP contribution in [0.3, 0.4) is 0 Å². The van der Waals surface area contributed by atoms with Gasteiger partial charge < -0.3 is 91.4 Å². The number of aliphatic imine (C=N–C) groups is 3. The van der Waals surface area contributed by atoms with E-state index in [1.165, 1.54) is 57.7 Å². The number of guanidine groups is 3. The number of aryl methyl sites for hydroxylation is 1. The molecule has 0 aliphatic heterocycles. The lowest BCUT2D eigenvalue weighted by Gasteiger charge is -2.21. The molecular weight excluding hydrogens is 1220 g/mol. The van der Waals surface area contributed by atoms with Crippen LogP contribution in [0.15, 0.2) is 87.8 Å². The molecule has 29 nitrogen and oxygen atoms in total. The first-order chi connectivity index (χ1) is 45.3. The second-order valence-electron chi connectivity index (χ2n) is 22.1. The molecule has 0 saturated heterocycles. The maximum atomic E-state index is 14.3. The van der Waals surface area contributed by atoms with E-state index in [0.29, 0.717) is 66.9 Å². The average Bonchev–Trinajstić information content (AvgIpc) is 0.897. The standard InChI is InChI=1S/C55H80N14O11.C11H16N2O2/c1-6-42(70)39(12-9-23-63-53(57)58)67-50(75)37-27-34(17-20-47(37)79-4)30-44(72)41(14-11-25-65-55(61)62)69-52(77)38-28-35(18-21-48(38)80-5)31-45(73)40(13-10-24-64-54(59)60)68-51(76)36-26-33(16-19-46(36)78-3)29-43(71)32(2)66-49(74)15-7-8-22-56;1-8-3-4-10(15-2)9(7-8)11(14)13-6-5-12/h16-21,26-28,32,39-41H,6-15,22-25,29-31,56H2,1-5H3,(H,66,74)(H,67,75)(H,68,76)(H,69,77)(H4,57,58,63)(H4,59,60,64)(H4,61,62,65);3-4,7H,5-6,12H2,1-2H3,(H,13,14)/t32-,39-,40-,41-;/m1./s1. The van der Waals surface area contributed by atoms with Crippen molar-refractivity contribution >= 4 is 70.5 Å². The van der Waals surface area contributed by atoms with Crippen molar-refractivity contribution in [2.75, 3.05) is 67.7 Å². The Bertz CT molecular complexity index is 3340. The number of benzene rings is 4. The molecule has 0 heterocycles. The zero-order valence-corrected chi connectivity index (χ0v) is 55.4. The van der Waals surface area contributed by atoms with Crippen molar-refractivity contribution < 1.29 is 62.1 Å². The first kappa shape index (κ1) is 79.1. The monoisotopic (exact) mass is 1320 g/mol. The van der Waals surface area contributed by atoms with Crippen molar-refractivity contribution in [3.8, 4) is 23.0 Å². The number of rotatable bonds is 41. The predicted octanol–water partition coefficient (Wildman–Crippen LogP) is 1.21. The summed E-state index contributed by atoms with van der Waals surface area (Å²) in [5.41, 5.74) is 46.8. The molecule has 0 unspecified atom stereocenters. The van der Waals surface area contributed by atoms with E-state index < -0.39 is 53.5 Å². The number of ketones is 4. The molecule has 0 spiro atoms. The fourth-order valence-corrected chi connectivity index (χ4v) is 9.64. The van der Waals surface area contributed by atoms with Crippen molar-refractivity contribution in [2.24, 2.45) is 60.8 Å². The smallest absolute Gasteiger partial charge is 0.255 e. The number of ether oxygens (including phenoxy) is 4. The van der Waals surface area contributed by atoms with E-state index in [4.69, 9.17) is 64.8 Å². The third-order valence-electron chi connectivity index (χ3n) is 14.7. The summed E-state index contributed by atoms with van der Waals surface area (Å²) in [6.07, 6.45) is 2.42. The number of hydrogen-bond donors (Lipinski definition) is 13. The Labute approximate surface area is 554 Å². The van der Waals surface area contributed by atoms with Crippen LogP contribution in [0, 0.1) is 6.92 Å². The van der Waals surface area contributed by atoms with Gasteiger partial charge in [0.2, 0.25) is 5.91 Å². The van der Waals surface area contributed by atoms with Crippen LogP contribution in [0.1, 0.15) is 142 Å². The van der Waals surface area contributed by atoms with Gasteiger partial charge in [-0.25, -0.2) is 0 Å². The maximum Gasteiger partial charge on any atom is 0.255 e. The van der Waals surface area contributed by atoms with Crippen LogP contribution >= 0.6 is 0 Å². The number of carbonyl (C=O) groups excluding carboxylic acids is 9. The molecule has 0 fully saturated rings. The Hall–Kier alpha value is -10.2. The Balaban J connectivity index is 0.00000137. The number of nitrogens with two attached hydrogens (primary N) is 8. The van der Waals surface area contributed by atoms with Gasteiger partial charge in [0.15, 0.2) is 41.0 Å². The average molecular weight is 1320 g/mol. The molecule has 21 N–H and O–H groups in total. The van der Waals surface area contributed by atoms with Crippen LogP contribution in [0.2, 0.25) is 0 Å². The van der Waals surface area contributed by atoms with E-state index in [9.17, 15) is 43.2 Å². The maximum absolute atomic E-state index is 14.3. The highest BCUT2D eigenvalue weighted by atomic mass is 16.5. The highest BCUT2D eigenvalue weighted by molar-refractivity contribution is 6.03. The van der Waals surface area contributed by atoms with Crippen LogP contribution in [0.25, 0.3) is 0 Å². The van der Waals surface area contributed by atoms with Gasteiger partial charge in [-0.15, -0.1) is 0 Å². The zero-order chi connectivity index (χ0) is 70.6. The van der Waals surface area contributed by atoms with Gasteiger partial charge in [0.05, 0.1) is 74.9 Å². The van der Waals surface area contributed by atoms with E-state index in [0.717, 1.165) is 5.56 Å². The number of amides is 5. The number of unbranched alkanes of at least 4 members (excludes halogenated alkanes) is 1. The van der Waals surface area contributed by atoms with E-state index in [-0.39, 0.29) is 159 Å². The fourth-order valence-electron chi connectivity index (χ4n) is 9.64. The molecule has 0 aliphatic carbocycles. The van der Waals surface area contributed by atoms with Gasteiger partial charge in [-0.3, -0.25) is 58.1 Å². The Morgan fingerprint density at radius 1 is 0.442 bits per heavy atom. The minimum absolute atomic E-state index is 0.0115. The molecule has 4 rings (SSSR count). The molecule has 0 aromatic heterocycles. The molecule has 29 heteroatoms. The lowest BCUT2D eigenvalue weighted by atomic mass is 9.96. The molecule has 4 atom stereocenters. The first-order valence-corrected chi connectivity index (χ1v) is 31.2. The zero-order valence-electron chi connectivity index (χ0n) is 55.4. The summed E-state index contributed by atoms with van der Waals surface area (Å²) < 4.78 is 21.6. The Morgan fingerprint density at radius 3 is 1.15 bits per heavy atom. The lowest BCUT2D eigenvalue weighted by Crippen LogP contribution is -2.42. The van der Waals surface area contributed by atoms with Gasteiger partial charge in [0.1, 0.15) is 23.0 Å². The number of carbonyl (C=O) groups is 9. The predicted molar refractivity (Wildman–Crippen MR) is 364 cm³/mol. The van der Waals surface area contributed by atoms with Crippen LogP contribution in [-0.4, -0.2) is 162 Å². The number of hydrogen-bond acceptors (Lipinski definition) is 18. The van der Waals surface area contributed by atoms with Crippen molar-refractivity contribution in [1.29, 1.82) is 0 Å². The van der Waals surface area contributed by atoms with E-state index in [1.54, 1.807) is 51.3 Å². The van der Waals surface area contributed by atoms with E-state index in [2.05, 4.69) is 41.6 Å². The van der Waals surface area contributed by atoms with Gasteiger partial charge in [-0.1, -0.05) is 36.8 Å². The van der Waals surface area contributed by atoms with Gasteiger partial charge in [0.25, 0.3) is 23.6 Å². The summed E-state index contributed by atoms with van der Waals surface area (Å²) in [6, 6.07) is 15.4. The second kappa shape index (κ2) is 42.1. The number of methoxy groups -OCH3 is 4. The molecular formula is C66H96N16O13.